The molecule has 1 saturated heterocycles. The van der Waals surface area contributed by atoms with E-state index in [4.69, 9.17) is 0 Å². The molecule has 0 aliphatic carbocycles. The van der Waals surface area contributed by atoms with Crippen LogP contribution in [0, 0.1) is 12.8 Å². The van der Waals surface area contributed by atoms with E-state index in [0.717, 1.165) is 29.6 Å². The first kappa shape index (κ1) is 20.9. The van der Waals surface area contributed by atoms with Crippen LogP contribution in [0.2, 0.25) is 0 Å². The van der Waals surface area contributed by atoms with E-state index in [1.54, 1.807) is 24.0 Å². The fourth-order valence-electron chi connectivity index (χ4n) is 3.25. The topological polar surface area (TPSA) is 62.3 Å². The summed E-state index contributed by atoms with van der Waals surface area (Å²) in [6, 6.07) is 11.9. The van der Waals surface area contributed by atoms with Gasteiger partial charge in [-0.05, 0) is 53.4 Å². The highest BCUT2D eigenvalue weighted by molar-refractivity contribution is 9.10. The van der Waals surface area contributed by atoms with Crippen molar-refractivity contribution in [3.8, 4) is 0 Å². The van der Waals surface area contributed by atoms with Crippen molar-refractivity contribution >= 4 is 45.3 Å². The predicted octanol–water partition coefficient (Wildman–Crippen LogP) is 4.26. The summed E-state index contributed by atoms with van der Waals surface area (Å²) in [4.78, 5) is 31.1. The molecule has 7 heteroatoms. The average molecular weight is 462 g/mol. The van der Waals surface area contributed by atoms with E-state index in [2.05, 4.69) is 51.4 Å². The van der Waals surface area contributed by atoms with Gasteiger partial charge in [-0.2, -0.15) is 0 Å². The molecule has 2 aromatic rings. The van der Waals surface area contributed by atoms with Gasteiger partial charge in [0.25, 0.3) is 0 Å². The number of amides is 2. The summed E-state index contributed by atoms with van der Waals surface area (Å²) in [6.45, 7) is 3.28. The number of anilines is 1. The minimum atomic E-state index is -0.190. The van der Waals surface area contributed by atoms with Gasteiger partial charge in [0, 0.05) is 29.5 Å². The molecule has 148 valence electrons. The summed E-state index contributed by atoms with van der Waals surface area (Å²) in [7, 11) is 0. The van der Waals surface area contributed by atoms with Crippen LogP contribution in [-0.4, -0.2) is 40.5 Å². The first-order chi connectivity index (χ1) is 13.5. The lowest BCUT2D eigenvalue weighted by atomic mass is 9.97. The number of thioether (sulfide) groups is 1. The van der Waals surface area contributed by atoms with Crippen molar-refractivity contribution in [3.05, 3.63) is 58.2 Å². The van der Waals surface area contributed by atoms with Crippen molar-refractivity contribution in [2.45, 2.75) is 25.5 Å². The minimum Gasteiger partial charge on any atom is -0.341 e. The summed E-state index contributed by atoms with van der Waals surface area (Å²) in [5.41, 5.74) is 2.46. The summed E-state index contributed by atoms with van der Waals surface area (Å²) in [6.07, 6.45) is 3.29. The summed E-state index contributed by atoms with van der Waals surface area (Å²) in [5.74, 6) is 1.64. The SMILES string of the molecule is Cc1cccc(CSCC(=O)N2CCCC(C(=O)Nc3ccc(Br)cn3)C2)c1. The number of aryl methyl sites for hydroxylation is 1. The first-order valence-electron chi connectivity index (χ1n) is 9.35. The molecule has 2 heterocycles. The maximum Gasteiger partial charge on any atom is 0.232 e. The number of aromatic nitrogens is 1. The smallest absolute Gasteiger partial charge is 0.232 e. The van der Waals surface area contributed by atoms with Crippen LogP contribution in [-0.2, 0) is 15.3 Å². The van der Waals surface area contributed by atoms with Crippen molar-refractivity contribution in [1.29, 1.82) is 0 Å². The van der Waals surface area contributed by atoms with Crippen LogP contribution >= 0.6 is 27.7 Å². The number of benzene rings is 1. The van der Waals surface area contributed by atoms with E-state index < -0.39 is 0 Å². The third kappa shape index (κ3) is 6.07. The minimum absolute atomic E-state index is 0.0697. The van der Waals surface area contributed by atoms with Gasteiger partial charge in [-0.3, -0.25) is 9.59 Å². The number of likely N-dealkylation sites (tertiary alicyclic amines) is 1. The second kappa shape index (κ2) is 10.1. The lowest BCUT2D eigenvalue weighted by Crippen LogP contribution is -2.44. The molecule has 1 aliphatic heterocycles. The zero-order valence-electron chi connectivity index (χ0n) is 15.9. The van der Waals surface area contributed by atoms with Gasteiger partial charge in [0.2, 0.25) is 11.8 Å². The third-order valence-electron chi connectivity index (χ3n) is 4.70. The molecule has 2 amide bonds. The van der Waals surface area contributed by atoms with Gasteiger partial charge in [0.05, 0.1) is 11.7 Å². The van der Waals surface area contributed by atoms with Gasteiger partial charge in [-0.1, -0.05) is 29.8 Å². The maximum atomic E-state index is 12.6. The Morgan fingerprint density at radius 3 is 2.93 bits per heavy atom. The summed E-state index contributed by atoms with van der Waals surface area (Å²) >= 11 is 4.95. The Bertz CT molecular complexity index is 829. The Morgan fingerprint density at radius 1 is 1.32 bits per heavy atom. The van der Waals surface area contributed by atoms with E-state index >= 15 is 0 Å². The van der Waals surface area contributed by atoms with Crippen LogP contribution in [0.25, 0.3) is 0 Å². The van der Waals surface area contributed by atoms with Crippen LogP contribution in [0.3, 0.4) is 0 Å². The molecule has 3 rings (SSSR count). The van der Waals surface area contributed by atoms with Gasteiger partial charge in [0.1, 0.15) is 5.82 Å². The van der Waals surface area contributed by atoms with Gasteiger partial charge < -0.3 is 10.2 Å². The number of pyridine rings is 1. The average Bonchev–Trinajstić information content (AvgIpc) is 2.70. The fourth-order valence-corrected chi connectivity index (χ4v) is 4.35. The van der Waals surface area contributed by atoms with Crippen LogP contribution in [0.5, 0.6) is 0 Å². The molecule has 0 bridgehead atoms. The molecule has 1 N–H and O–H groups in total. The molecule has 1 unspecified atom stereocenters. The van der Waals surface area contributed by atoms with Gasteiger partial charge in [-0.25, -0.2) is 4.98 Å². The van der Waals surface area contributed by atoms with Crippen LogP contribution in [0.1, 0.15) is 24.0 Å². The van der Waals surface area contributed by atoms with E-state index in [1.165, 1.54) is 11.1 Å². The number of piperidine rings is 1. The number of nitrogens with one attached hydrogen (secondary N) is 1. The summed E-state index contributed by atoms with van der Waals surface area (Å²) < 4.78 is 0.864. The van der Waals surface area contributed by atoms with E-state index in [-0.39, 0.29) is 17.7 Å². The Morgan fingerprint density at radius 2 is 2.18 bits per heavy atom. The maximum absolute atomic E-state index is 12.6. The number of nitrogens with zero attached hydrogens (tertiary/aromatic N) is 2. The summed E-state index contributed by atoms with van der Waals surface area (Å²) in [5, 5.41) is 2.85. The molecule has 0 spiro atoms. The molecule has 1 atom stereocenters. The number of hydrogen-bond acceptors (Lipinski definition) is 4. The quantitative estimate of drug-likeness (QED) is 0.697. The molecule has 28 heavy (non-hydrogen) atoms. The molecule has 1 fully saturated rings. The fraction of sp³-hybridized carbons (Fsp3) is 0.381. The van der Waals surface area contributed by atoms with E-state index in [0.29, 0.717) is 18.1 Å². The number of halogens is 1. The standard InChI is InChI=1S/C21H24BrN3O2S/c1-15-4-2-5-16(10-15)13-28-14-20(26)25-9-3-6-17(12-25)21(27)24-19-8-7-18(22)11-23-19/h2,4-5,7-8,10-11,17H,3,6,9,12-14H2,1H3,(H,23,24,27). The monoisotopic (exact) mass is 461 g/mol. The van der Waals surface area contributed by atoms with Crippen molar-refractivity contribution in [2.75, 3.05) is 24.2 Å². The Balaban J connectivity index is 1.47. The predicted molar refractivity (Wildman–Crippen MR) is 117 cm³/mol. The van der Waals surface area contributed by atoms with Gasteiger partial charge >= 0.3 is 0 Å². The molecule has 0 radical (unpaired) electrons. The number of rotatable bonds is 6. The molecule has 1 aromatic carbocycles. The highest BCUT2D eigenvalue weighted by Crippen LogP contribution is 2.21. The molecular formula is C21H24BrN3O2S. The van der Waals surface area contributed by atoms with Crippen LogP contribution < -0.4 is 5.32 Å². The zero-order valence-corrected chi connectivity index (χ0v) is 18.3. The third-order valence-corrected chi connectivity index (χ3v) is 6.16. The van der Waals surface area contributed by atoms with E-state index in [9.17, 15) is 9.59 Å². The van der Waals surface area contributed by atoms with Crippen molar-refractivity contribution < 1.29 is 9.59 Å². The van der Waals surface area contributed by atoms with Gasteiger partial charge in [0.15, 0.2) is 0 Å². The van der Waals surface area contributed by atoms with Crippen LogP contribution in [0.15, 0.2) is 47.1 Å². The molecule has 1 aliphatic rings. The lowest BCUT2D eigenvalue weighted by molar-refractivity contribution is -0.132. The Kier molecular flexibility index (Phi) is 7.50. The first-order valence-corrected chi connectivity index (χ1v) is 11.3. The lowest BCUT2D eigenvalue weighted by Gasteiger charge is -2.32. The zero-order chi connectivity index (χ0) is 19.9. The Hall–Kier alpha value is -1.86. The van der Waals surface area contributed by atoms with Crippen LogP contribution in [0.4, 0.5) is 5.82 Å². The van der Waals surface area contributed by atoms with Crippen molar-refractivity contribution in [1.82, 2.24) is 9.88 Å². The normalized spacial score (nSPS) is 16.6. The van der Waals surface area contributed by atoms with Crippen molar-refractivity contribution in [3.63, 3.8) is 0 Å². The highest BCUT2D eigenvalue weighted by atomic mass is 79.9. The largest absolute Gasteiger partial charge is 0.341 e. The molecule has 0 saturated carbocycles. The van der Waals surface area contributed by atoms with Crippen molar-refractivity contribution in [2.24, 2.45) is 5.92 Å². The molecule has 1 aromatic heterocycles. The Labute approximate surface area is 178 Å². The number of hydrogen-bond donors (Lipinski definition) is 1. The second-order valence-electron chi connectivity index (χ2n) is 7.01. The van der Waals surface area contributed by atoms with Gasteiger partial charge in [-0.15, -0.1) is 11.8 Å². The second-order valence-corrected chi connectivity index (χ2v) is 8.91. The number of carbonyl (C=O) groups excluding carboxylic acids is 2. The van der Waals surface area contributed by atoms with E-state index in [1.807, 2.05) is 17.0 Å². The molecule has 5 nitrogen and oxygen atoms in total. The molecular weight excluding hydrogens is 438 g/mol. The number of carbonyl (C=O) groups is 2. The highest BCUT2D eigenvalue weighted by Gasteiger charge is 2.28.